The van der Waals surface area contributed by atoms with Gasteiger partial charge in [0.15, 0.2) is 0 Å². The van der Waals surface area contributed by atoms with Gasteiger partial charge < -0.3 is 20.3 Å². The zero-order chi connectivity index (χ0) is 35.9. The second-order valence-electron chi connectivity index (χ2n) is 13.6. The predicted molar refractivity (Wildman–Crippen MR) is 206 cm³/mol. The summed E-state index contributed by atoms with van der Waals surface area (Å²) in [6, 6.07) is 12.9. The van der Waals surface area contributed by atoms with E-state index in [0.717, 1.165) is 43.0 Å². The molecule has 2 aromatic heterocycles. The highest BCUT2D eigenvalue weighted by molar-refractivity contribution is 8.00. The number of benzene rings is 2. The highest BCUT2D eigenvalue weighted by Gasteiger charge is 2.30. The highest BCUT2D eigenvalue weighted by atomic mass is 35.5. The Labute approximate surface area is 304 Å². The zero-order valence-electron chi connectivity index (χ0n) is 28.9. The van der Waals surface area contributed by atoms with E-state index in [1.807, 2.05) is 49.4 Å². The lowest BCUT2D eigenvalue weighted by molar-refractivity contribution is 0.0991. The minimum absolute atomic E-state index is 0.0617. The number of ether oxygens (including phenoxy) is 1. The summed E-state index contributed by atoms with van der Waals surface area (Å²) < 4.78 is 47.2. The SMILES string of the molecule is C=S(=O)(c1ccc(-c2cc3cnc(Nc4ccc(N5CCNCC5)c(Cl)c4)nc3n(C3CCN(S(C)(=O)=O)CC3)c2=O)c(C)c1)C1CCOCC1. The average molecular weight is 754 g/mol. The Hall–Kier alpha value is -3.53. The van der Waals surface area contributed by atoms with Gasteiger partial charge >= 0.3 is 0 Å². The van der Waals surface area contributed by atoms with Crippen molar-refractivity contribution in [2.75, 3.05) is 69.0 Å². The summed E-state index contributed by atoms with van der Waals surface area (Å²) in [5.74, 6) is 4.47. The summed E-state index contributed by atoms with van der Waals surface area (Å²) in [5, 5.41) is 7.84. The molecular formula is C36H44ClN7O5S2. The van der Waals surface area contributed by atoms with Crippen molar-refractivity contribution >= 4 is 65.4 Å². The van der Waals surface area contributed by atoms with E-state index >= 15 is 0 Å². The van der Waals surface area contributed by atoms with Gasteiger partial charge in [-0.3, -0.25) is 13.6 Å². The van der Waals surface area contributed by atoms with Gasteiger partial charge in [0.05, 0.1) is 17.0 Å². The van der Waals surface area contributed by atoms with Crippen LogP contribution in [0.2, 0.25) is 5.02 Å². The number of piperidine rings is 1. The standard InChI is InChI=1S/C36H44ClN7O5S2/c1-24-20-29(50(2,46)28-10-18-49-19-11-28)5-6-30(24)31-21-25-23-39-36(40-26-4-7-33(32(37)22-26)42-16-12-38-13-17-42)41-34(25)44(35(31)45)27-8-14-43(15-9-27)51(3,47)48/h4-7,20-23,27-28,38H,2,8-19H2,1,3H3,(H,39,40,41). The van der Waals surface area contributed by atoms with Crippen LogP contribution in [0, 0.1) is 6.92 Å². The highest BCUT2D eigenvalue weighted by Crippen LogP contribution is 2.33. The number of piperazine rings is 1. The molecule has 0 bridgehead atoms. The lowest BCUT2D eigenvalue weighted by atomic mass is 9.99. The van der Waals surface area contributed by atoms with Crippen LogP contribution in [0.3, 0.4) is 0 Å². The van der Waals surface area contributed by atoms with Crippen molar-refractivity contribution in [1.82, 2.24) is 24.2 Å². The van der Waals surface area contributed by atoms with Crippen molar-refractivity contribution in [2.24, 2.45) is 0 Å². The van der Waals surface area contributed by atoms with Gasteiger partial charge in [-0.05, 0) is 95.5 Å². The smallest absolute Gasteiger partial charge is 0.260 e. The molecule has 5 heterocycles. The molecule has 1 unspecified atom stereocenters. The molecule has 0 spiro atoms. The Morgan fingerprint density at radius 3 is 2.35 bits per heavy atom. The molecule has 4 aromatic rings. The number of halogens is 1. The average Bonchev–Trinajstić information content (AvgIpc) is 3.12. The number of sulfonamides is 1. The summed E-state index contributed by atoms with van der Waals surface area (Å²) >= 11 is 6.72. The van der Waals surface area contributed by atoms with E-state index in [9.17, 15) is 17.4 Å². The normalized spacial score (nSPS) is 19.6. The molecule has 3 aliphatic rings. The third-order valence-corrected chi connectivity index (χ3v) is 14.5. The Morgan fingerprint density at radius 2 is 1.69 bits per heavy atom. The summed E-state index contributed by atoms with van der Waals surface area (Å²) in [6.07, 6.45) is 5.21. The van der Waals surface area contributed by atoms with Crippen LogP contribution in [-0.2, 0) is 24.3 Å². The molecule has 2 aromatic carbocycles. The van der Waals surface area contributed by atoms with Crippen molar-refractivity contribution in [2.45, 2.75) is 48.8 Å². The summed E-state index contributed by atoms with van der Waals surface area (Å²) in [7, 11) is -5.93. The number of fused-ring (bicyclic) bond motifs is 1. The molecule has 272 valence electrons. The Morgan fingerprint density at radius 1 is 0.961 bits per heavy atom. The number of hydrogen-bond acceptors (Lipinski definition) is 10. The molecule has 51 heavy (non-hydrogen) atoms. The first-order valence-electron chi connectivity index (χ1n) is 17.3. The second-order valence-corrected chi connectivity index (χ2v) is 18.6. The van der Waals surface area contributed by atoms with Gasteiger partial charge in [0.25, 0.3) is 5.56 Å². The largest absolute Gasteiger partial charge is 0.381 e. The fourth-order valence-corrected chi connectivity index (χ4v) is 10.6. The van der Waals surface area contributed by atoms with Crippen molar-refractivity contribution in [3.8, 4) is 11.1 Å². The molecule has 3 fully saturated rings. The Balaban J connectivity index is 1.26. The molecule has 15 heteroatoms. The summed E-state index contributed by atoms with van der Waals surface area (Å²) in [4.78, 5) is 27.0. The van der Waals surface area contributed by atoms with Gasteiger partial charge in [-0.15, -0.1) is 0 Å². The number of hydrogen-bond donors (Lipinski definition) is 2. The van der Waals surface area contributed by atoms with Gasteiger partial charge in [-0.2, -0.15) is 4.98 Å². The summed E-state index contributed by atoms with van der Waals surface area (Å²) in [5.41, 5.74) is 3.90. The van der Waals surface area contributed by atoms with E-state index in [2.05, 4.69) is 26.4 Å². The number of rotatable bonds is 8. The quantitative estimate of drug-likeness (QED) is 0.249. The molecule has 0 amide bonds. The number of nitrogens with one attached hydrogen (secondary N) is 2. The molecule has 0 saturated carbocycles. The predicted octanol–water partition coefficient (Wildman–Crippen LogP) is 4.42. The monoisotopic (exact) mass is 753 g/mol. The first-order chi connectivity index (χ1) is 24.4. The maximum atomic E-state index is 14.6. The Bertz CT molecular complexity index is 2230. The fraction of sp³-hybridized carbons (Fsp3) is 0.444. The number of pyridine rings is 1. The molecular weight excluding hydrogens is 710 g/mol. The minimum Gasteiger partial charge on any atom is -0.381 e. The minimum atomic E-state index is -3.36. The van der Waals surface area contributed by atoms with Crippen molar-refractivity contribution in [3.63, 3.8) is 0 Å². The van der Waals surface area contributed by atoms with Crippen LogP contribution in [0.15, 0.2) is 58.4 Å². The summed E-state index contributed by atoms with van der Waals surface area (Å²) in [6.45, 7) is 7.21. The van der Waals surface area contributed by atoms with Crippen LogP contribution in [0.1, 0.15) is 37.3 Å². The maximum Gasteiger partial charge on any atom is 0.260 e. The van der Waals surface area contributed by atoms with Crippen LogP contribution in [0.25, 0.3) is 22.2 Å². The molecule has 1 atom stereocenters. The topological polar surface area (TPSA) is 139 Å². The van der Waals surface area contributed by atoms with Crippen LogP contribution in [0.5, 0.6) is 0 Å². The first kappa shape index (κ1) is 35.9. The second kappa shape index (κ2) is 14.5. The zero-order valence-corrected chi connectivity index (χ0v) is 31.3. The third kappa shape index (κ3) is 7.40. The lowest BCUT2D eigenvalue weighted by Crippen LogP contribution is -2.43. The van der Waals surface area contributed by atoms with E-state index in [1.165, 1.54) is 10.6 Å². The molecule has 12 nitrogen and oxygen atoms in total. The Kier molecular flexibility index (Phi) is 10.2. The molecule has 2 N–H and O–H groups in total. The number of anilines is 3. The van der Waals surface area contributed by atoms with E-state index in [-0.39, 0.29) is 16.9 Å². The van der Waals surface area contributed by atoms with Gasteiger partial charge in [-0.1, -0.05) is 17.7 Å². The van der Waals surface area contributed by atoms with E-state index in [4.69, 9.17) is 21.3 Å². The fourth-order valence-electron chi connectivity index (χ4n) is 7.42. The van der Waals surface area contributed by atoms with Gasteiger partial charge in [0.1, 0.15) is 5.65 Å². The lowest BCUT2D eigenvalue weighted by Gasteiger charge is -2.32. The molecule has 0 aliphatic carbocycles. The molecule has 0 radical (unpaired) electrons. The van der Waals surface area contributed by atoms with Crippen LogP contribution >= 0.6 is 11.6 Å². The van der Waals surface area contributed by atoms with E-state index in [1.54, 1.807) is 10.8 Å². The maximum absolute atomic E-state index is 14.6. The van der Waals surface area contributed by atoms with E-state index in [0.29, 0.717) is 90.1 Å². The van der Waals surface area contributed by atoms with Crippen LogP contribution in [-0.4, -0.2) is 101 Å². The van der Waals surface area contributed by atoms with Gasteiger partial charge in [0, 0.05) is 91.5 Å². The molecule has 3 aliphatic heterocycles. The third-order valence-electron chi connectivity index (χ3n) is 10.3. The van der Waals surface area contributed by atoms with Crippen molar-refractivity contribution in [3.05, 3.63) is 69.6 Å². The van der Waals surface area contributed by atoms with Crippen molar-refractivity contribution in [1.29, 1.82) is 0 Å². The number of nitrogens with zero attached hydrogens (tertiary/aromatic N) is 5. The molecule has 7 rings (SSSR count). The first-order valence-corrected chi connectivity index (χ1v) is 21.4. The molecule has 3 saturated heterocycles. The number of aryl methyl sites for hydroxylation is 1. The van der Waals surface area contributed by atoms with Gasteiger partial charge in [0.2, 0.25) is 16.0 Å². The van der Waals surface area contributed by atoms with Crippen molar-refractivity contribution < 1.29 is 17.4 Å². The van der Waals surface area contributed by atoms with E-state index < -0.39 is 19.5 Å². The van der Waals surface area contributed by atoms with Crippen LogP contribution < -0.4 is 21.1 Å². The van der Waals surface area contributed by atoms with Crippen LogP contribution in [0.4, 0.5) is 17.3 Å². The van der Waals surface area contributed by atoms with Gasteiger partial charge in [-0.25, -0.2) is 17.7 Å². The number of aromatic nitrogens is 3.